The molecule has 3 nitrogen and oxygen atoms in total. The van der Waals surface area contributed by atoms with Crippen LogP contribution >= 0.6 is 0 Å². The van der Waals surface area contributed by atoms with Crippen LogP contribution in [0, 0.1) is 11.2 Å². The maximum atomic E-state index is 13.6. The Bertz CT molecular complexity index is 514. The van der Waals surface area contributed by atoms with E-state index >= 15 is 0 Å². The lowest BCUT2D eigenvalue weighted by atomic mass is 9.85. The van der Waals surface area contributed by atoms with Crippen molar-refractivity contribution in [2.45, 2.75) is 58.9 Å². The lowest BCUT2D eigenvalue weighted by Gasteiger charge is -2.22. The molecule has 1 saturated carbocycles. The molecule has 0 aromatic heterocycles. The van der Waals surface area contributed by atoms with E-state index in [2.05, 4.69) is 24.5 Å². The summed E-state index contributed by atoms with van der Waals surface area (Å²) >= 11 is 0. The van der Waals surface area contributed by atoms with E-state index in [4.69, 9.17) is 0 Å². The summed E-state index contributed by atoms with van der Waals surface area (Å²) in [6.45, 7) is 6.03. The molecule has 1 aromatic rings. The molecule has 0 saturated heterocycles. The third-order valence-corrected chi connectivity index (χ3v) is 4.22. The zero-order valence-electron chi connectivity index (χ0n) is 13.1. The van der Waals surface area contributed by atoms with Gasteiger partial charge in [-0.2, -0.15) is 0 Å². The molecule has 0 heterocycles. The Hall–Kier alpha value is -1.58. The molecule has 1 unspecified atom stereocenters. The van der Waals surface area contributed by atoms with Gasteiger partial charge in [-0.1, -0.05) is 20.3 Å². The van der Waals surface area contributed by atoms with Gasteiger partial charge in [-0.25, -0.2) is 4.39 Å². The molecule has 1 aromatic carbocycles. The van der Waals surface area contributed by atoms with Crippen molar-refractivity contribution < 1.29 is 9.18 Å². The van der Waals surface area contributed by atoms with Crippen molar-refractivity contribution in [1.29, 1.82) is 0 Å². The van der Waals surface area contributed by atoms with Gasteiger partial charge in [-0.15, -0.1) is 0 Å². The van der Waals surface area contributed by atoms with Crippen LogP contribution in [0.3, 0.4) is 0 Å². The first kappa shape index (κ1) is 15.8. The fourth-order valence-corrected chi connectivity index (χ4v) is 2.94. The average Bonchev–Trinajstić information content (AvgIpc) is 2.54. The number of hydrogen-bond acceptors (Lipinski definition) is 2. The Morgan fingerprint density at radius 3 is 2.76 bits per heavy atom. The molecule has 21 heavy (non-hydrogen) atoms. The first-order valence-electron chi connectivity index (χ1n) is 7.69. The molecule has 4 heteroatoms. The van der Waals surface area contributed by atoms with Gasteiger partial charge in [0.1, 0.15) is 5.82 Å². The summed E-state index contributed by atoms with van der Waals surface area (Å²) in [6.07, 6.45) is 5.93. The molecule has 0 aliphatic heterocycles. The van der Waals surface area contributed by atoms with E-state index in [1.807, 2.05) is 0 Å². The predicted molar refractivity (Wildman–Crippen MR) is 85.0 cm³/mol. The predicted octanol–water partition coefficient (Wildman–Crippen LogP) is 4.55. The molecule has 1 amide bonds. The van der Waals surface area contributed by atoms with Gasteiger partial charge >= 0.3 is 0 Å². The van der Waals surface area contributed by atoms with E-state index in [1.165, 1.54) is 32.3 Å². The molecule has 1 aliphatic carbocycles. The van der Waals surface area contributed by atoms with Crippen molar-refractivity contribution in [3.63, 3.8) is 0 Å². The largest absolute Gasteiger partial charge is 0.382 e. The van der Waals surface area contributed by atoms with E-state index in [0.717, 1.165) is 18.5 Å². The first-order valence-corrected chi connectivity index (χ1v) is 7.69. The smallest absolute Gasteiger partial charge is 0.221 e. The highest BCUT2D eigenvalue weighted by molar-refractivity contribution is 5.89. The minimum Gasteiger partial charge on any atom is -0.382 e. The number of nitrogens with one attached hydrogen (secondary N) is 2. The second-order valence-electron chi connectivity index (χ2n) is 6.81. The number of carbonyl (C=O) groups excluding carboxylic acids is 1. The van der Waals surface area contributed by atoms with Crippen molar-refractivity contribution in [2.75, 3.05) is 10.6 Å². The SMILES string of the molecule is CC(=O)Nc1cc(NC2CCCC(C)(C)CC2)ccc1F. The minimum absolute atomic E-state index is 0.237. The molecular weight excluding hydrogens is 267 g/mol. The van der Waals surface area contributed by atoms with Crippen LogP contribution in [-0.2, 0) is 4.79 Å². The van der Waals surface area contributed by atoms with Crippen molar-refractivity contribution in [3.8, 4) is 0 Å². The van der Waals surface area contributed by atoms with Crippen LogP contribution in [0.2, 0.25) is 0 Å². The highest BCUT2D eigenvalue weighted by atomic mass is 19.1. The van der Waals surface area contributed by atoms with Gasteiger partial charge in [0, 0.05) is 18.7 Å². The van der Waals surface area contributed by atoms with Gasteiger partial charge in [0.05, 0.1) is 5.69 Å². The lowest BCUT2D eigenvalue weighted by Crippen LogP contribution is -2.19. The standard InChI is InChI=1S/C17H25FN2O/c1-12(21)19-16-11-14(6-7-15(16)18)20-13-5-4-9-17(2,3)10-8-13/h6-7,11,13,20H,4-5,8-10H2,1-3H3,(H,19,21). The third-order valence-electron chi connectivity index (χ3n) is 4.22. The van der Waals surface area contributed by atoms with Crippen LogP contribution < -0.4 is 10.6 Å². The second-order valence-corrected chi connectivity index (χ2v) is 6.81. The molecule has 0 spiro atoms. The van der Waals surface area contributed by atoms with Gasteiger partial charge in [-0.05, 0) is 49.3 Å². The maximum Gasteiger partial charge on any atom is 0.221 e. The highest BCUT2D eigenvalue weighted by Crippen LogP contribution is 2.34. The van der Waals surface area contributed by atoms with Gasteiger partial charge in [0.25, 0.3) is 0 Å². The number of carbonyl (C=O) groups is 1. The molecular formula is C17H25FN2O. The molecule has 2 N–H and O–H groups in total. The average molecular weight is 292 g/mol. The summed E-state index contributed by atoms with van der Waals surface area (Å²) in [5.74, 6) is -0.667. The number of hydrogen-bond donors (Lipinski definition) is 2. The van der Waals surface area contributed by atoms with Gasteiger partial charge in [-0.3, -0.25) is 4.79 Å². The van der Waals surface area contributed by atoms with Crippen LogP contribution in [0.1, 0.15) is 52.9 Å². The highest BCUT2D eigenvalue weighted by Gasteiger charge is 2.24. The van der Waals surface area contributed by atoms with Crippen LogP contribution in [0.15, 0.2) is 18.2 Å². The van der Waals surface area contributed by atoms with Crippen LogP contribution in [-0.4, -0.2) is 11.9 Å². The lowest BCUT2D eigenvalue weighted by molar-refractivity contribution is -0.114. The van der Waals surface area contributed by atoms with Gasteiger partial charge in [0.15, 0.2) is 0 Å². The third kappa shape index (κ3) is 4.73. The molecule has 1 fully saturated rings. The Kier molecular flexibility index (Phi) is 4.86. The van der Waals surface area contributed by atoms with Crippen molar-refractivity contribution >= 4 is 17.3 Å². The quantitative estimate of drug-likeness (QED) is 0.802. The number of benzene rings is 1. The molecule has 1 atom stereocenters. The topological polar surface area (TPSA) is 41.1 Å². The van der Waals surface area contributed by atoms with Crippen molar-refractivity contribution in [3.05, 3.63) is 24.0 Å². The van der Waals surface area contributed by atoms with E-state index in [-0.39, 0.29) is 11.6 Å². The van der Waals surface area contributed by atoms with E-state index < -0.39 is 5.82 Å². The molecule has 1 aliphatic rings. The van der Waals surface area contributed by atoms with Crippen LogP contribution in [0.4, 0.5) is 15.8 Å². The number of amides is 1. The van der Waals surface area contributed by atoms with Crippen molar-refractivity contribution in [1.82, 2.24) is 0 Å². The monoisotopic (exact) mass is 292 g/mol. The zero-order valence-corrected chi connectivity index (χ0v) is 13.1. The molecule has 0 bridgehead atoms. The van der Waals surface area contributed by atoms with Gasteiger partial charge < -0.3 is 10.6 Å². The second kappa shape index (κ2) is 6.46. The van der Waals surface area contributed by atoms with E-state index in [9.17, 15) is 9.18 Å². The Morgan fingerprint density at radius 2 is 2.05 bits per heavy atom. The minimum atomic E-state index is -0.405. The molecule has 116 valence electrons. The summed E-state index contributed by atoms with van der Waals surface area (Å²) in [6, 6.07) is 5.22. The fraction of sp³-hybridized carbons (Fsp3) is 0.588. The molecule has 0 radical (unpaired) electrons. The van der Waals surface area contributed by atoms with Crippen molar-refractivity contribution in [2.24, 2.45) is 5.41 Å². The maximum absolute atomic E-state index is 13.6. The Morgan fingerprint density at radius 1 is 1.29 bits per heavy atom. The summed E-state index contributed by atoms with van der Waals surface area (Å²) in [5, 5.41) is 6.00. The number of rotatable bonds is 3. The first-order chi connectivity index (χ1) is 9.85. The number of anilines is 2. The number of halogens is 1. The van der Waals surface area contributed by atoms with Crippen LogP contribution in [0.5, 0.6) is 0 Å². The normalized spacial score (nSPS) is 21.4. The Balaban J connectivity index is 2.04. The summed E-state index contributed by atoms with van der Waals surface area (Å²) < 4.78 is 13.6. The summed E-state index contributed by atoms with van der Waals surface area (Å²) in [5.41, 5.74) is 1.52. The van der Waals surface area contributed by atoms with Gasteiger partial charge in [0.2, 0.25) is 5.91 Å². The van der Waals surface area contributed by atoms with E-state index in [1.54, 1.807) is 12.1 Å². The van der Waals surface area contributed by atoms with Crippen LogP contribution in [0.25, 0.3) is 0 Å². The Labute approximate surface area is 126 Å². The summed E-state index contributed by atoms with van der Waals surface area (Å²) in [4.78, 5) is 11.1. The van der Waals surface area contributed by atoms with E-state index in [0.29, 0.717) is 11.5 Å². The molecule has 2 rings (SSSR count). The fourth-order valence-electron chi connectivity index (χ4n) is 2.94. The zero-order chi connectivity index (χ0) is 15.5. The summed E-state index contributed by atoms with van der Waals surface area (Å²) in [7, 11) is 0.